The number of hydrogen-bond donors (Lipinski definition) is 0. The predicted molar refractivity (Wildman–Crippen MR) is 226 cm³/mol. The largest absolute Gasteiger partial charge is 0.310 e. The van der Waals surface area contributed by atoms with Gasteiger partial charge in [-0.1, -0.05) is 188 Å². The Labute approximate surface area is 311 Å². The summed E-state index contributed by atoms with van der Waals surface area (Å²) < 4.78 is 0. The zero-order valence-electron chi connectivity index (χ0n) is 29.3. The van der Waals surface area contributed by atoms with Crippen LogP contribution in [0.15, 0.2) is 224 Å². The number of hydrogen-bond acceptors (Lipinski definition) is 1. The highest BCUT2D eigenvalue weighted by molar-refractivity contribution is 5.98. The number of nitrogens with zero attached hydrogens (tertiary/aromatic N) is 1. The molecule has 0 N–H and O–H groups in total. The van der Waals surface area contributed by atoms with Gasteiger partial charge in [-0.2, -0.15) is 0 Å². The van der Waals surface area contributed by atoms with E-state index < -0.39 is 0 Å². The second kappa shape index (κ2) is 14.3. The van der Waals surface area contributed by atoms with Gasteiger partial charge in [0.25, 0.3) is 0 Å². The van der Waals surface area contributed by atoms with Crippen LogP contribution in [0.4, 0.5) is 17.1 Å². The number of fused-ring (bicyclic) bond motifs is 1. The van der Waals surface area contributed by atoms with Crippen molar-refractivity contribution in [2.75, 3.05) is 4.90 Å². The normalized spacial score (nSPS) is 11.0. The molecular weight excluding hydrogens is 639 g/mol. The molecule has 9 aromatic carbocycles. The lowest BCUT2D eigenvalue weighted by Crippen LogP contribution is -2.11. The Hall–Kier alpha value is -6.96. The van der Waals surface area contributed by atoms with Crippen LogP contribution in [-0.2, 0) is 0 Å². The first-order chi connectivity index (χ1) is 26.3. The molecule has 0 saturated heterocycles. The van der Waals surface area contributed by atoms with Crippen molar-refractivity contribution in [1.82, 2.24) is 0 Å². The number of para-hydroxylation sites is 1. The molecule has 0 fully saturated rings. The number of anilines is 3. The second-order valence-electron chi connectivity index (χ2n) is 13.3. The molecule has 0 radical (unpaired) electrons. The molecule has 0 heterocycles. The molecule has 0 unspecified atom stereocenters. The van der Waals surface area contributed by atoms with Crippen LogP contribution in [-0.4, -0.2) is 0 Å². The highest BCUT2D eigenvalue weighted by atomic mass is 15.1. The average Bonchev–Trinajstić information content (AvgIpc) is 3.25. The quantitative estimate of drug-likeness (QED) is 0.155. The average molecular weight is 676 g/mol. The van der Waals surface area contributed by atoms with E-state index in [-0.39, 0.29) is 0 Å². The van der Waals surface area contributed by atoms with Crippen molar-refractivity contribution in [3.8, 4) is 55.6 Å². The minimum Gasteiger partial charge on any atom is -0.310 e. The van der Waals surface area contributed by atoms with Crippen LogP contribution in [0.25, 0.3) is 66.4 Å². The minimum atomic E-state index is 1.09. The summed E-state index contributed by atoms with van der Waals surface area (Å²) in [5.41, 5.74) is 15.2. The fourth-order valence-electron chi connectivity index (χ4n) is 7.54. The molecular formula is C52H37N. The van der Waals surface area contributed by atoms with E-state index in [2.05, 4.69) is 229 Å². The zero-order valence-corrected chi connectivity index (χ0v) is 29.3. The summed E-state index contributed by atoms with van der Waals surface area (Å²) in [6.45, 7) is 0. The van der Waals surface area contributed by atoms with E-state index in [0.29, 0.717) is 0 Å². The highest BCUT2D eigenvalue weighted by Gasteiger charge is 2.19. The molecule has 9 rings (SSSR count). The Morgan fingerprint density at radius 3 is 1.42 bits per heavy atom. The minimum absolute atomic E-state index is 1.09. The SMILES string of the molecule is c1ccc(-c2cccc(N(c3cccc(-c4ccccc4-c4ccccc4)c3)c3ccccc3-c3cccc(-c4cccc5ccccc45)c3)c2)cc1. The van der Waals surface area contributed by atoms with Crippen LogP contribution in [0, 0.1) is 0 Å². The van der Waals surface area contributed by atoms with Crippen molar-refractivity contribution in [3.05, 3.63) is 224 Å². The van der Waals surface area contributed by atoms with E-state index in [4.69, 9.17) is 0 Å². The van der Waals surface area contributed by atoms with Gasteiger partial charge in [-0.3, -0.25) is 0 Å². The van der Waals surface area contributed by atoms with E-state index >= 15 is 0 Å². The van der Waals surface area contributed by atoms with Gasteiger partial charge in [-0.05, 0) is 97.2 Å². The Bertz CT molecular complexity index is 2670. The Morgan fingerprint density at radius 1 is 0.245 bits per heavy atom. The van der Waals surface area contributed by atoms with Crippen molar-refractivity contribution in [2.24, 2.45) is 0 Å². The molecule has 0 atom stereocenters. The summed E-state index contributed by atoms with van der Waals surface area (Å²) in [6.07, 6.45) is 0. The van der Waals surface area contributed by atoms with Crippen LogP contribution in [0.5, 0.6) is 0 Å². The summed E-state index contributed by atoms with van der Waals surface area (Å²) >= 11 is 0. The first kappa shape index (κ1) is 32.0. The predicted octanol–water partition coefficient (Wildman–Crippen LogP) is 14.6. The zero-order chi connectivity index (χ0) is 35.4. The Balaban J connectivity index is 1.22. The van der Waals surface area contributed by atoms with E-state index in [1.54, 1.807) is 0 Å². The molecule has 0 amide bonds. The third-order valence-corrected chi connectivity index (χ3v) is 10.1. The first-order valence-corrected chi connectivity index (χ1v) is 18.2. The molecule has 1 nitrogen and oxygen atoms in total. The maximum atomic E-state index is 2.42. The van der Waals surface area contributed by atoms with Gasteiger partial charge in [0, 0.05) is 16.9 Å². The van der Waals surface area contributed by atoms with Crippen LogP contribution >= 0.6 is 0 Å². The summed E-state index contributed by atoms with van der Waals surface area (Å²) in [4.78, 5) is 2.42. The molecule has 9 aromatic rings. The molecule has 0 aliphatic carbocycles. The molecule has 0 saturated carbocycles. The summed E-state index contributed by atoms with van der Waals surface area (Å²) in [7, 11) is 0. The van der Waals surface area contributed by atoms with Crippen molar-refractivity contribution in [3.63, 3.8) is 0 Å². The summed E-state index contributed by atoms with van der Waals surface area (Å²) in [5, 5.41) is 2.50. The van der Waals surface area contributed by atoms with Gasteiger partial charge in [0.05, 0.1) is 5.69 Å². The van der Waals surface area contributed by atoms with Gasteiger partial charge in [0.1, 0.15) is 0 Å². The fourth-order valence-corrected chi connectivity index (χ4v) is 7.54. The standard InChI is InChI=1S/C52H37N/c1-3-17-38(18-4-1)41-23-14-27-45(36-41)53(46-28-15-26-44(37-46)49-31-10-9-30-47(49)39-19-5-2-6-20-39)52-34-12-11-32-51(52)43-25-13-24-42(35-43)50-33-16-22-40-21-7-8-29-48(40)50/h1-37H. The van der Waals surface area contributed by atoms with Crippen molar-refractivity contribution in [2.45, 2.75) is 0 Å². The molecule has 1 heteroatoms. The van der Waals surface area contributed by atoms with Gasteiger partial charge in [0.15, 0.2) is 0 Å². The van der Waals surface area contributed by atoms with E-state index in [1.165, 1.54) is 60.8 Å². The second-order valence-corrected chi connectivity index (χ2v) is 13.3. The lowest BCUT2D eigenvalue weighted by Gasteiger charge is -2.29. The van der Waals surface area contributed by atoms with Crippen LogP contribution < -0.4 is 4.90 Å². The smallest absolute Gasteiger partial charge is 0.0540 e. The van der Waals surface area contributed by atoms with Gasteiger partial charge >= 0.3 is 0 Å². The van der Waals surface area contributed by atoms with Crippen molar-refractivity contribution in [1.29, 1.82) is 0 Å². The third-order valence-electron chi connectivity index (χ3n) is 10.1. The summed E-state index contributed by atoms with van der Waals surface area (Å²) in [5.74, 6) is 0. The van der Waals surface area contributed by atoms with Gasteiger partial charge in [-0.15, -0.1) is 0 Å². The first-order valence-electron chi connectivity index (χ1n) is 18.2. The lowest BCUT2D eigenvalue weighted by atomic mass is 9.93. The molecule has 0 bridgehead atoms. The van der Waals surface area contributed by atoms with E-state index in [1.807, 2.05) is 0 Å². The molecule has 53 heavy (non-hydrogen) atoms. The maximum absolute atomic E-state index is 2.42. The van der Waals surface area contributed by atoms with Crippen LogP contribution in [0.3, 0.4) is 0 Å². The van der Waals surface area contributed by atoms with E-state index in [9.17, 15) is 0 Å². The molecule has 250 valence electrons. The lowest BCUT2D eigenvalue weighted by molar-refractivity contribution is 1.28. The van der Waals surface area contributed by atoms with Crippen LogP contribution in [0.2, 0.25) is 0 Å². The van der Waals surface area contributed by atoms with Crippen LogP contribution in [0.1, 0.15) is 0 Å². The maximum Gasteiger partial charge on any atom is 0.0540 e. The van der Waals surface area contributed by atoms with Gasteiger partial charge in [0.2, 0.25) is 0 Å². The highest BCUT2D eigenvalue weighted by Crippen LogP contribution is 2.44. The van der Waals surface area contributed by atoms with Gasteiger partial charge < -0.3 is 4.90 Å². The van der Waals surface area contributed by atoms with Gasteiger partial charge in [-0.25, -0.2) is 0 Å². The Kier molecular flexibility index (Phi) is 8.66. The molecule has 0 aromatic heterocycles. The fraction of sp³-hybridized carbons (Fsp3) is 0. The Morgan fingerprint density at radius 2 is 0.679 bits per heavy atom. The number of benzene rings is 9. The summed E-state index contributed by atoms with van der Waals surface area (Å²) in [6, 6.07) is 80.9. The van der Waals surface area contributed by atoms with E-state index in [0.717, 1.165) is 22.6 Å². The molecule has 0 aliphatic rings. The molecule has 0 spiro atoms. The monoisotopic (exact) mass is 675 g/mol. The molecule has 0 aliphatic heterocycles. The number of rotatable bonds is 8. The van der Waals surface area contributed by atoms with Crippen molar-refractivity contribution >= 4 is 27.8 Å². The third kappa shape index (κ3) is 6.42. The van der Waals surface area contributed by atoms with Crippen molar-refractivity contribution < 1.29 is 0 Å². The topological polar surface area (TPSA) is 3.24 Å².